The van der Waals surface area contributed by atoms with E-state index in [1.54, 1.807) is 0 Å². The van der Waals surface area contributed by atoms with E-state index in [1.807, 2.05) is 11.7 Å². The molecule has 3 heteroatoms. The van der Waals surface area contributed by atoms with Crippen molar-refractivity contribution in [3.63, 3.8) is 0 Å². The lowest BCUT2D eigenvalue weighted by Gasteiger charge is -2.04. The molecule has 0 spiro atoms. The van der Waals surface area contributed by atoms with Crippen LogP contribution in [0.15, 0.2) is 0 Å². The normalized spacial score (nSPS) is 15.7. The molecule has 0 unspecified atom stereocenters. The first-order valence-corrected chi connectivity index (χ1v) is 6.38. The molecule has 0 amide bonds. The number of aryl methyl sites for hydroxylation is 2. The Morgan fingerprint density at radius 3 is 2.69 bits per heavy atom. The third-order valence-electron chi connectivity index (χ3n) is 3.57. The molecule has 1 aliphatic rings. The highest BCUT2D eigenvalue weighted by Gasteiger charge is 2.19. The van der Waals surface area contributed by atoms with E-state index in [1.165, 1.54) is 42.8 Å². The minimum Gasteiger partial charge on any atom is -0.316 e. The van der Waals surface area contributed by atoms with Gasteiger partial charge in [-0.1, -0.05) is 0 Å². The van der Waals surface area contributed by atoms with Crippen LogP contribution >= 0.6 is 0 Å². The lowest BCUT2D eigenvalue weighted by atomic mass is 10.1. The SMILES string of the molecule is Cc1nn(C)c(C)c1CCCNCC1CC1. The van der Waals surface area contributed by atoms with E-state index >= 15 is 0 Å². The van der Waals surface area contributed by atoms with Crippen LogP contribution in [0.2, 0.25) is 0 Å². The molecule has 1 saturated carbocycles. The largest absolute Gasteiger partial charge is 0.316 e. The van der Waals surface area contributed by atoms with Crippen LogP contribution in [0.25, 0.3) is 0 Å². The summed E-state index contributed by atoms with van der Waals surface area (Å²) in [6.45, 7) is 6.64. The van der Waals surface area contributed by atoms with Crippen LogP contribution in [-0.2, 0) is 13.5 Å². The molecule has 1 aromatic rings. The Balaban J connectivity index is 1.71. The lowest BCUT2D eigenvalue weighted by molar-refractivity contribution is 0.612. The van der Waals surface area contributed by atoms with Crippen LogP contribution in [0.1, 0.15) is 36.2 Å². The molecule has 0 radical (unpaired) electrons. The molecule has 0 atom stereocenters. The van der Waals surface area contributed by atoms with Crippen molar-refractivity contribution < 1.29 is 0 Å². The number of nitrogens with zero attached hydrogens (tertiary/aromatic N) is 2. The van der Waals surface area contributed by atoms with Gasteiger partial charge >= 0.3 is 0 Å². The predicted molar refractivity (Wildman–Crippen MR) is 66.6 cm³/mol. The zero-order chi connectivity index (χ0) is 11.5. The molecular formula is C13H23N3. The molecule has 0 bridgehead atoms. The van der Waals surface area contributed by atoms with Crippen molar-refractivity contribution in [2.24, 2.45) is 13.0 Å². The summed E-state index contributed by atoms with van der Waals surface area (Å²) in [7, 11) is 2.02. The van der Waals surface area contributed by atoms with Crippen molar-refractivity contribution in [2.75, 3.05) is 13.1 Å². The first-order chi connectivity index (χ1) is 7.68. The average Bonchev–Trinajstić information content (AvgIpc) is 3.02. The maximum atomic E-state index is 4.44. The zero-order valence-corrected chi connectivity index (χ0v) is 10.7. The van der Waals surface area contributed by atoms with Crippen LogP contribution in [0.4, 0.5) is 0 Å². The monoisotopic (exact) mass is 221 g/mol. The maximum Gasteiger partial charge on any atom is 0.0628 e. The molecule has 0 aliphatic heterocycles. The second-order valence-corrected chi connectivity index (χ2v) is 5.02. The molecule has 3 nitrogen and oxygen atoms in total. The van der Waals surface area contributed by atoms with Gasteiger partial charge in [-0.3, -0.25) is 4.68 Å². The van der Waals surface area contributed by atoms with Crippen molar-refractivity contribution in [2.45, 2.75) is 39.5 Å². The van der Waals surface area contributed by atoms with Gasteiger partial charge in [0.05, 0.1) is 5.69 Å². The van der Waals surface area contributed by atoms with Gasteiger partial charge in [0.2, 0.25) is 0 Å². The van der Waals surface area contributed by atoms with Gasteiger partial charge < -0.3 is 5.32 Å². The number of rotatable bonds is 6. The highest BCUT2D eigenvalue weighted by atomic mass is 15.3. The van der Waals surface area contributed by atoms with Gasteiger partial charge in [0.1, 0.15) is 0 Å². The summed E-state index contributed by atoms with van der Waals surface area (Å²) in [6.07, 6.45) is 5.25. The van der Waals surface area contributed by atoms with E-state index in [-0.39, 0.29) is 0 Å². The molecule has 16 heavy (non-hydrogen) atoms. The smallest absolute Gasteiger partial charge is 0.0628 e. The summed E-state index contributed by atoms with van der Waals surface area (Å²) in [5.41, 5.74) is 3.96. The first-order valence-electron chi connectivity index (χ1n) is 6.38. The molecule has 1 fully saturated rings. The van der Waals surface area contributed by atoms with Crippen molar-refractivity contribution in [1.29, 1.82) is 0 Å². The molecule has 2 rings (SSSR count). The van der Waals surface area contributed by atoms with E-state index in [2.05, 4.69) is 24.3 Å². The van der Waals surface area contributed by atoms with Crippen molar-refractivity contribution in [1.82, 2.24) is 15.1 Å². The Labute approximate surface area is 98.2 Å². The second kappa shape index (κ2) is 5.00. The Bertz CT molecular complexity index is 350. The molecular weight excluding hydrogens is 198 g/mol. The van der Waals surface area contributed by atoms with Gasteiger partial charge in [0.15, 0.2) is 0 Å². The summed E-state index contributed by atoms with van der Waals surface area (Å²) in [5, 5.41) is 7.98. The van der Waals surface area contributed by atoms with Gasteiger partial charge in [-0.2, -0.15) is 5.10 Å². The standard InChI is InChI=1S/C13H23N3/c1-10-13(11(2)16(3)15-10)5-4-8-14-9-12-6-7-12/h12,14H,4-9H2,1-3H3. The predicted octanol–water partition coefficient (Wildman–Crippen LogP) is 1.97. The van der Waals surface area contributed by atoms with E-state index in [4.69, 9.17) is 0 Å². The van der Waals surface area contributed by atoms with Gasteiger partial charge in [0.25, 0.3) is 0 Å². The first kappa shape index (κ1) is 11.6. The molecule has 0 aromatic carbocycles. The van der Waals surface area contributed by atoms with E-state index in [9.17, 15) is 0 Å². The number of hydrogen-bond donors (Lipinski definition) is 1. The second-order valence-electron chi connectivity index (χ2n) is 5.02. The summed E-state index contributed by atoms with van der Waals surface area (Å²) in [5.74, 6) is 0.988. The van der Waals surface area contributed by atoms with Crippen LogP contribution in [0.5, 0.6) is 0 Å². The molecule has 90 valence electrons. The highest BCUT2D eigenvalue weighted by Crippen LogP contribution is 2.27. The average molecular weight is 221 g/mol. The molecule has 0 saturated heterocycles. The lowest BCUT2D eigenvalue weighted by Crippen LogP contribution is -2.18. The quantitative estimate of drug-likeness (QED) is 0.744. The highest BCUT2D eigenvalue weighted by molar-refractivity contribution is 5.24. The Morgan fingerprint density at radius 2 is 2.12 bits per heavy atom. The van der Waals surface area contributed by atoms with E-state index < -0.39 is 0 Å². The molecule has 1 heterocycles. The fourth-order valence-electron chi connectivity index (χ4n) is 2.20. The number of aromatic nitrogens is 2. The van der Waals surface area contributed by atoms with Crippen LogP contribution in [0.3, 0.4) is 0 Å². The fourth-order valence-corrected chi connectivity index (χ4v) is 2.20. The summed E-state index contributed by atoms with van der Waals surface area (Å²) >= 11 is 0. The minimum absolute atomic E-state index is 0.988. The van der Waals surface area contributed by atoms with Crippen LogP contribution in [-0.4, -0.2) is 22.9 Å². The third-order valence-corrected chi connectivity index (χ3v) is 3.57. The molecule has 1 aromatic heterocycles. The Morgan fingerprint density at radius 1 is 1.38 bits per heavy atom. The van der Waals surface area contributed by atoms with Gasteiger partial charge in [0, 0.05) is 12.7 Å². The minimum atomic E-state index is 0.988. The van der Waals surface area contributed by atoms with E-state index in [0.29, 0.717) is 0 Å². The van der Waals surface area contributed by atoms with Crippen molar-refractivity contribution in [3.8, 4) is 0 Å². The van der Waals surface area contributed by atoms with Crippen LogP contribution in [0, 0.1) is 19.8 Å². The fraction of sp³-hybridized carbons (Fsp3) is 0.769. The summed E-state index contributed by atoms with van der Waals surface area (Å²) < 4.78 is 1.99. The summed E-state index contributed by atoms with van der Waals surface area (Å²) in [6, 6.07) is 0. The van der Waals surface area contributed by atoms with Gasteiger partial charge in [-0.05, 0) is 64.1 Å². The molecule has 1 N–H and O–H groups in total. The number of hydrogen-bond acceptors (Lipinski definition) is 2. The van der Waals surface area contributed by atoms with Crippen molar-refractivity contribution >= 4 is 0 Å². The number of nitrogens with one attached hydrogen (secondary N) is 1. The summed E-state index contributed by atoms with van der Waals surface area (Å²) in [4.78, 5) is 0. The van der Waals surface area contributed by atoms with E-state index in [0.717, 1.165) is 18.9 Å². The zero-order valence-electron chi connectivity index (χ0n) is 10.7. The third kappa shape index (κ3) is 2.85. The van der Waals surface area contributed by atoms with Crippen LogP contribution < -0.4 is 5.32 Å². The van der Waals surface area contributed by atoms with Crippen molar-refractivity contribution in [3.05, 3.63) is 17.0 Å². The molecule has 1 aliphatic carbocycles. The Kier molecular flexibility index (Phi) is 3.64. The van der Waals surface area contributed by atoms with Gasteiger partial charge in [-0.15, -0.1) is 0 Å². The van der Waals surface area contributed by atoms with Gasteiger partial charge in [-0.25, -0.2) is 0 Å². The maximum absolute atomic E-state index is 4.44. The Hall–Kier alpha value is -0.830. The topological polar surface area (TPSA) is 29.9 Å².